The normalized spacial score (nSPS) is 27.1. The molecule has 13 heteroatoms. The number of amides is 1. The van der Waals surface area contributed by atoms with Crippen molar-refractivity contribution in [3.05, 3.63) is 53.0 Å². The summed E-state index contributed by atoms with van der Waals surface area (Å²) in [4.78, 5) is 23.6. The molecule has 2 saturated heterocycles. The Hall–Kier alpha value is -2.84. The zero-order valence-electron chi connectivity index (χ0n) is 24.6. The minimum Gasteiger partial charge on any atom is -0.474 e. The van der Waals surface area contributed by atoms with Crippen molar-refractivity contribution in [2.75, 3.05) is 50.9 Å². The third kappa shape index (κ3) is 7.12. The first-order valence-electron chi connectivity index (χ1n) is 14.6. The van der Waals surface area contributed by atoms with Crippen LogP contribution in [0.4, 0.5) is 23.2 Å². The Morgan fingerprint density at radius 3 is 2.56 bits per heavy atom. The number of carbonyl (C=O) groups is 1. The highest BCUT2D eigenvalue weighted by molar-refractivity contribution is 5.97. The maximum absolute atomic E-state index is 14.0. The van der Waals surface area contributed by atoms with Crippen LogP contribution in [0.25, 0.3) is 0 Å². The number of aliphatic hydroxyl groups is 1. The van der Waals surface area contributed by atoms with E-state index in [0.29, 0.717) is 36.5 Å². The van der Waals surface area contributed by atoms with E-state index in [1.807, 2.05) is 18.7 Å². The number of alkyl halides is 3. The molecule has 0 unspecified atom stereocenters. The number of aliphatic hydroxyl groups excluding tert-OH is 1. The lowest BCUT2D eigenvalue weighted by molar-refractivity contribution is -0.223. The fourth-order valence-corrected chi connectivity index (χ4v) is 6.18. The van der Waals surface area contributed by atoms with Crippen LogP contribution in [0.5, 0.6) is 5.88 Å². The van der Waals surface area contributed by atoms with Crippen LogP contribution in [-0.4, -0.2) is 108 Å². The molecular weight excluding hydrogens is 570 g/mol. The molecule has 1 aromatic carbocycles. The molecule has 2 fully saturated rings. The minimum atomic E-state index is -4.43. The van der Waals surface area contributed by atoms with Crippen molar-refractivity contribution in [2.45, 2.75) is 70.2 Å². The van der Waals surface area contributed by atoms with Crippen molar-refractivity contribution in [1.82, 2.24) is 20.1 Å². The van der Waals surface area contributed by atoms with E-state index in [9.17, 15) is 27.5 Å². The Labute approximate surface area is 248 Å². The number of hydrogen-bond donors (Lipinski definition) is 2. The van der Waals surface area contributed by atoms with Crippen LogP contribution in [0.15, 0.2) is 30.3 Å². The van der Waals surface area contributed by atoms with Gasteiger partial charge in [-0.1, -0.05) is 12.1 Å². The molecule has 43 heavy (non-hydrogen) atoms. The van der Waals surface area contributed by atoms with Gasteiger partial charge in [-0.15, -0.1) is 0 Å². The Morgan fingerprint density at radius 1 is 1.12 bits per heavy atom. The summed E-state index contributed by atoms with van der Waals surface area (Å²) in [5.74, 6) is -0.338. The van der Waals surface area contributed by atoms with Crippen LogP contribution >= 0.6 is 0 Å². The second-order valence-corrected chi connectivity index (χ2v) is 11.8. The van der Waals surface area contributed by atoms with Crippen molar-refractivity contribution in [1.29, 1.82) is 0 Å². The fourth-order valence-electron chi connectivity index (χ4n) is 6.18. The lowest BCUT2D eigenvalue weighted by Crippen LogP contribution is -2.65. The van der Waals surface area contributed by atoms with Gasteiger partial charge in [0.05, 0.1) is 38.1 Å². The molecule has 2 N–H and O–H groups in total. The van der Waals surface area contributed by atoms with Crippen LogP contribution in [0, 0.1) is 5.82 Å². The number of pyridine rings is 1. The molecule has 5 rings (SSSR count). The predicted octanol–water partition coefficient (Wildman–Crippen LogP) is 2.73. The maximum atomic E-state index is 14.0. The number of morpholine rings is 1. The van der Waals surface area contributed by atoms with Gasteiger partial charge >= 0.3 is 6.18 Å². The van der Waals surface area contributed by atoms with Crippen molar-refractivity contribution in [3.8, 4) is 5.88 Å². The summed E-state index contributed by atoms with van der Waals surface area (Å²) in [6.45, 7) is 6.34. The number of benzene rings is 1. The molecule has 5 atom stereocenters. The Balaban J connectivity index is 1.39. The van der Waals surface area contributed by atoms with Crippen LogP contribution in [0.3, 0.4) is 0 Å². The zero-order valence-corrected chi connectivity index (χ0v) is 24.6. The largest absolute Gasteiger partial charge is 0.474 e. The summed E-state index contributed by atoms with van der Waals surface area (Å²) in [5.41, 5.74) is 2.36. The van der Waals surface area contributed by atoms with Crippen molar-refractivity contribution >= 4 is 11.6 Å². The maximum Gasteiger partial charge on any atom is 0.406 e. The summed E-state index contributed by atoms with van der Waals surface area (Å²) in [6.07, 6.45) is -4.06. The van der Waals surface area contributed by atoms with Crippen molar-refractivity contribution < 1.29 is 36.9 Å². The number of ether oxygens (including phenoxy) is 2. The van der Waals surface area contributed by atoms with Gasteiger partial charge in [-0.2, -0.15) is 13.2 Å². The van der Waals surface area contributed by atoms with E-state index in [-0.39, 0.29) is 68.6 Å². The molecule has 0 bridgehead atoms. The highest BCUT2D eigenvalue weighted by Crippen LogP contribution is 2.36. The molecule has 3 aliphatic heterocycles. The first kappa shape index (κ1) is 31.6. The highest BCUT2D eigenvalue weighted by Gasteiger charge is 2.48. The molecule has 0 saturated carbocycles. The van der Waals surface area contributed by atoms with Gasteiger partial charge < -0.3 is 24.8 Å². The summed E-state index contributed by atoms with van der Waals surface area (Å²) < 4.78 is 66.2. The quantitative estimate of drug-likeness (QED) is 0.464. The third-order valence-electron chi connectivity index (χ3n) is 8.49. The number of anilines is 1. The first-order chi connectivity index (χ1) is 20.4. The summed E-state index contributed by atoms with van der Waals surface area (Å²) >= 11 is 0. The van der Waals surface area contributed by atoms with Crippen LogP contribution in [-0.2, 0) is 22.6 Å². The number of rotatable bonds is 7. The molecule has 4 heterocycles. The Kier molecular flexibility index (Phi) is 9.57. The summed E-state index contributed by atoms with van der Waals surface area (Å²) in [7, 11) is 0. The second-order valence-electron chi connectivity index (χ2n) is 11.8. The van der Waals surface area contributed by atoms with E-state index in [0.717, 1.165) is 5.56 Å². The zero-order chi connectivity index (χ0) is 30.9. The number of carbonyl (C=O) groups excluding carboxylic acids is 1. The predicted molar refractivity (Wildman–Crippen MR) is 151 cm³/mol. The topological polar surface area (TPSA) is 90.4 Å². The van der Waals surface area contributed by atoms with Gasteiger partial charge in [0.25, 0.3) is 0 Å². The lowest BCUT2D eigenvalue weighted by atomic mass is 10.0. The van der Waals surface area contributed by atoms with Gasteiger partial charge in [-0.3, -0.25) is 14.6 Å². The molecular formula is C30H39F4N5O4. The van der Waals surface area contributed by atoms with E-state index in [2.05, 4.69) is 10.3 Å². The molecule has 1 amide bonds. The monoisotopic (exact) mass is 609 g/mol. The Morgan fingerprint density at radius 2 is 1.86 bits per heavy atom. The van der Waals surface area contributed by atoms with Gasteiger partial charge in [0.2, 0.25) is 11.8 Å². The van der Waals surface area contributed by atoms with Gasteiger partial charge in [0.1, 0.15) is 24.2 Å². The van der Waals surface area contributed by atoms with E-state index in [1.54, 1.807) is 30.0 Å². The minimum absolute atomic E-state index is 0.00488. The van der Waals surface area contributed by atoms with E-state index >= 15 is 0 Å². The molecule has 1 aromatic heterocycles. The molecule has 236 valence electrons. The van der Waals surface area contributed by atoms with Crippen LogP contribution < -0.4 is 15.0 Å². The third-order valence-corrected chi connectivity index (χ3v) is 8.49. The number of piperazine rings is 1. The second kappa shape index (κ2) is 13.0. The number of halogens is 4. The number of nitrogens with zero attached hydrogens (tertiary/aromatic N) is 4. The van der Waals surface area contributed by atoms with E-state index < -0.39 is 24.9 Å². The Bertz CT molecular complexity index is 1280. The molecule has 9 nitrogen and oxygen atoms in total. The first-order valence-corrected chi connectivity index (χ1v) is 14.6. The van der Waals surface area contributed by atoms with E-state index in [4.69, 9.17) is 9.47 Å². The standard InChI is InChI=1S/C30H39F4N5O4/c1-18-11-37(24(10-35-18)12-38-19(2)15-42-17-27(38)30(32,33)34)13-28(41)39-20(3)16-43-29-26(39)9-22(25(14-40)36-29)8-21-4-6-23(31)7-5-21/h4-7,9,18-20,24,27,35,40H,8,10-17H2,1-3H3/t18-,19-,20+,24-,27+/m1/s1. The molecule has 0 spiro atoms. The van der Waals surface area contributed by atoms with Gasteiger partial charge in [0.15, 0.2) is 0 Å². The summed E-state index contributed by atoms with van der Waals surface area (Å²) in [5, 5.41) is 13.4. The van der Waals surface area contributed by atoms with Gasteiger partial charge in [-0.05, 0) is 56.5 Å². The number of aromatic nitrogens is 1. The molecule has 0 aliphatic carbocycles. The average molecular weight is 610 g/mol. The fraction of sp³-hybridized carbons (Fsp3) is 0.600. The van der Waals surface area contributed by atoms with Gasteiger partial charge in [0, 0.05) is 37.8 Å². The van der Waals surface area contributed by atoms with Crippen molar-refractivity contribution in [3.63, 3.8) is 0 Å². The van der Waals surface area contributed by atoms with Crippen molar-refractivity contribution in [2.24, 2.45) is 0 Å². The molecule has 3 aliphatic rings. The number of nitrogens with one attached hydrogen (secondary N) is 1. The lowest BCUT2D eigenvalue weighted by Gasteiger charge is -2.47. The van der Waals surface area contributed by atoms with Crippen LogP contribution in [0.2, 0.25) is 0 Å². The SMILES string of the molecule is C[C@@H]1CN(CC(=O)N2c3cc(Cc4ccc(F)cc4)c(CO)nc3OC[C@@H]2C)[C@@H](CN2[C@H](C)COC[C@H]2C(F)(F)F)CN1. The number of fused-ring (bicyclic) bond motifs is 1. The average Bonchev–Trinajstić information content (AvgIpc) is 2.95. The smallest absolute Gasteiger partial charge is 0.406 e. The van der Waals surface area contributed by atoms with Crippen LogP contribution in [0.1, 0.15) is 37.6 Å². The van der Waals surface area contributed by atoms with Gasteiger partial charge in [-0.25, -0.2) is 9.37 Å². The highest BCUT2D eigenvalue weighted by atomic mass is 19.4. The molecule has 2 aromatic rings. The summed E-state index contributed by atoms with van der Waals surface area (Å²) in [6, 6.07) is 5.09. The number of hydrogen-bond acceptors (Lipinski definition) is 8. The molecule has 0 radical (unpaired) electrons. The van der Waals surface area contributed by atoms with E-state index in [1.165, 1.54) is 17.0 Å².